The highest BCUT2D eigenvalue weighted by molar-refractivity contribution is 5.98. The van der Waals surface area contributed by atoms with Gasteiger partial charge in [0, 0.05) is 11.1 Å². The van der Waals surface area contributed by atoms with E-state index in [0.29, 0.717) is 0 Å². The summed E-state index contributed by atoms with van der Waals surface area (Å²) in [5.41, 5.74) is 2.63. The third-order valence-corrected chi connectivity index (χ3v) is 5.75. The Bertz CT molecular complexity index is 956. The number of benzene rings is 3. The molecule has 1 saturated heterocycles. The molecule has 4 heteroatoms. The van der Waals surface area contributed by atoms with E-state index in [4.69, 9.17) is 4.84 Å². The number of para-hydroxylation sites is 2. The molecule has 0 bridgehead atoms. The zero-order valence-corrected chi connectivity index (χ0v) is 15.5. The Morgan fingerprint density at radius 2 is 1.43 bits per heavy atom. The summed E-state index contributed by atoms with van der Waals surface area (Å²) in [6, 6.07) is 29.4. The Hall–Kier alpha value is -3.11. The molecule has 3 aromatic rings. The van der Waals surface area contributed by atoms with Crippen molar-refractivity contribution in [3.63, 3.8) is 0 Å². The number of nitrogens with zero attached hydrogens (tertiary/aromatic N) is 1. The second kappa shape index (κ2) is 6.80. The van der Waals surface area contributed by atoms with Crippen molar-refractivity contribution in [1.29, 1.82) is 0 Å². The van der Waals surface area contributed by atoms with Crippen molar-refractivity contribution in [2.45, 2.75) is 25.0 Å². The molecular formula is C24H22N2O2. The first-order valence-electron chi connectivity index (χ1n) is 9.70. The van der Waals surface area contributed by atoms with E-state index in [1.54, 1.807) is 0 Å². The molecule has 3 aromatic carbocycles. The Balaban J connectivity index is 1.53. The summed E-state index contributed by atoms with van der Waals surface area (Å²) in [4.78, 5) is 19.9. The van der Waals surface area contributed by atoms with Crippen molar-refractivity contribution in [2.75, 3.05) is 10.4 Å². The minimum Gasteiger partial charge on any atom is -0.324 e. The second-order valence-corrected chi connectivity index (χ2v) is 7.55. The zero-order chi connectivity index (χ0) is 19.0. The van der Waals surface area contributed by atoms with Crippen LogP contribution in [0.25, 0.3) is 0 Å². The average molecular weight is 370 g/mol. The molecule has 28 heavy (non-hydrogen) atoms. The highest BCUT2D eigenvalue weighted by Gasteiger charge is 2.66. The third kappa shape index (κ3) is 2.86. The standard InChI is InChI=1S/C24H22N2O2/c27-23(25-19-12-6-2-7-13-19)21-24(16-17-24)22(18-10-4-1-5-11-18)28-26(21)20-14-8-3-9-15-20/h1-15,21-22H,16-17H2,(H,25,27)/t21-,22+/m0/s1. The summed E-state index contributed by atoms with van der Waals surface area (Å²) in [6.45, 7) is 0. The lowest BCUT2D eigenvalue weighted by atomic mass is 9.86. The van der Waals surface area contributed by atoms with E-state index in [2.05, 4.69) is 17.4 Å². The van der Waals surface area contributed by atoms with Gasteiger partial charge in [0.05, 0.1) is 5.69 Å². The van der Waals surface area contributed by atoms with Crippen LogP contribution in [0.15, 0.2) is 91.0 Å². The van der Waals surface area contributed by atoms with Gasteiger partial charge in [-0.25, -0.2) is 5.06 Å². The number of hydrogen-bond donors (Lipinski definition) is 1. The molecule has 1 aliphatic heterocycles. The van der Waals surface area contributed by atoms with E-state index in [9.17, 15) is 4.79 Å². The predicted molar refractivity (Wildman–Crippen MR) is 110 cm³/mol. The second-order valence-electron chi connectivity index (χ2n) is 7.55. The molecule has 140 valence electrons. The van der Waals surface area contributed by atoms with Crippen molar-refractivity contribution in [3.05, 3.63) is 96.6 Å². The molecule has 1 N–H and O–H groups in total. The highest BCUT2D eigenvalue weighted by atomic mass is 16.7. The lowest BCUT2D eigenvalue weighted by Crippen LogP contribution is -2.43. The molecule has 0 unspecified atom stereocenters. The summed E-state index contributed by atoms with van der Waals surface area (Å²) in [5, 5.41) is 4.91. The van der Waals surface area contributed by atoms with Crippen molar-refractivity contribution in [2.24, 2.45) is 5.41 Å². The fourth-order valence-corrected chi connectivity index (χ4v) is 4.24. The van der Waals surface area contributed by atoms with Crippen LogP contribution in [0.2, 0.25) is 0 Å². The van der Waals surface area contributed by atoms with Crippen LogP contribution >= 0.6 is 0 Å². The van der Waals surface area contributed by atoms with Gasteiger partial charge in [-0.15, -0.1) is 0 Å². The normalized spacial score (nSPS) is 22.2. The molecule has 5 rings (SSSR count). The molecule has 2 aliphatic rings. The number of hydroxylamine groups is 1. The van der Waals surface area contributed by atoms with E-state index in [1.165, 1.54) is 0 Å². The highest BCUT2D eigenvalue weighted by Crippen LogP contribution is 2.65. The van der Waals surface area contributed by atoms with Gasteiger partial charge < -0.3 is 5.32 Å². The Morgan fingerprint density at radius 3 is 2.04 bits per heavy atom. The maximum absolute atomic E-state index is 13.4. The summed E-state index contributed by atoms with van der Waals surface area (Å²) < 4.78 is 0. The van der Waals surface area contributed by atoms with Crippen LogP contribution in [-0.4, -0.2) is 11.9 Å². The molecule has 1 saturated carbocycles. The predicted octanol–water partition coefficient (Wildman–Crippen LogP) is 4.97. The van der Waals surface area contributed by atoms with Crippen LogP contribution in [0, 0.1) is 5.41 Å². The zero-order valence-electron chi connectivity index (χ0n) is 15.5. The molecular weight excluding hydrogens is 348 g/mol. The van der Waals surface area contributed by atoms with Crippen molar-refractivity contribution in [3.8, 4) is 0 Å². The van der Waals surface area contributed by atoms with Gasteiger partial charge in [0.25, 0.3) is 0 Å². The number of carbonyl (C=O) groups excluding carboxylic acids is 1. The minimum atomic E-state index is -0.375. The van der Waals surface area contributed by atoms with Crippen LogP contribution in [-0.2, 0) is 9.63 Å². The van der Waals surface area contributed by atoms with E-state index in [0.717, 1.165) is 29.8 Å². The minimum absolute atomic E-state index is 0.0222. The summed E-state index contributed by atoms with van der Waals surface area (Å²) in [5.74, 6) is -0.0222. The number of anilines is 2. The van der Waals surface area contributed by atoms with Gasteiger partial charge in [0.2, 0.25) is 5.91 Å². The maximum atomic E-state index is 13.4. The molecule has 2 fully saturated rings. The first kappa shape index (κ1) is 17.0. The molecule has 1 aliphatic carbocycles. The quantitative estimate of drug-likeness (QED) is 0.705. The fourth-order valence-electron chi connectivity index (χ4n) is 4.24. The first-order valence-corrected chi connectivity index (χ1v) is 9.70. The maximum Gasteiger partial charge on any atom is 0.250 e. The Kier molecular flexibility index (Phi) is 4.14. The van der Waals surface area contributed by atoms with Crippen LogP contribution < -0.4 is 10.4 Å². The van der Waals surface area contributed by atoms with E-state index >= 15 is 0 Å². The number of carbonyl (C=O) groups is 1. The van der Waals surface area contributed by atoms with Gasteiger partial charge in [0.15, 0.2) is 0 Å². The van der Waals surface area contributed by atoms with E-state index in [1.807, 2.05) is 83.9 Å². The number of nitrogens with one attached hydrogen (secondary N) is 1. The lowest BCUT2D eigenvalue weighted by molar-refractivity contribution is -0.118. The topological polar surface area (TPSA) is 41.6 Å². The summed E-state index contributed by atoms with van der Waals surface area (Å²) >= 11 is 0. The lowest BCUT2D eigenvalue weighted by Gasteiger charge is -2.26. The van der Waals surface area contributed by atoms with Gasteiger partial charge >= 0.3 is 0 Å². The molecule has 0 aromatic heterocycles. The smallest absolute Gasteiger partial charge is 0.250 e. The van der Waals surface area contributed by atoms with Gasteiger partial charge in [-0.2, -0.15) is 0 Å². The molecule has 2 atom stereocenters. The molecule has 1 heterocycles. The molecule has 1 spiro atoms. The summed E-state index contributed by atoms with van der Waals surface area (Å²) in [6.07, 6.45) is 1.83. The number of hydrogen-bond acceptors (Lipinski definition) is 3. The van der Waals surface area contributed by atoms with E-state index in [-0.39, 0.29) is 23.5 Å². The van der Waals surface area contributed by atoms with Crippen LogP contribution in [0.1, 0.15) is 24.5 Å². The molecule has 1 amide bonds. The fraction of sp³-hybridized carbons (Fsp3) is 0.208. The number of rotatable bonds is 4. The Labute approximate surface area is 164 Å². The van der Waals surface area contributed by atoms with Gasteiger partial charge in [-0.3, -0.25) is 9.63 Å². The largest absolute Gasteiger partial charge is 0.324 e. The van der Waals surface area contributed by atoms with Crippen LogP contribution in [0.4, 0.5) is 11.4 Å². The Morgan fingerprint density at radius 1 is 0.857 bits per heavy atom. The third-order valence-electron chi connectivity index (χ3n) is 5.75. The molecule has 4 nitrogen and oxygen atoms in total. The van der Waals surface area contributed by atoms with Crippen molar-refractivity contribution in [1.82, 2.24) is 0 Å². The first-order chi connectivity index (χ1) is 13.8. The SMILES string of the molecule is O=C(Nc1ccccc1)[C@@H]1N(c2ccccc2)O[C@H](c2ccccc2)C12CC2. The van der Waals surface area contributed by atoms with Crippen molar-refractivity contribution >= 4 is 17.3 Å². The number of amides is 1. The monoisotopic (exact) mass is 370 g/mol. The van der Waals surface area contributed by atoms with Crippen LogP contribution in [0.3, 0.4) is 0 Å². The average Bonchev–Trinajstić information content (AvgIpc) is 3.45. The van der Waals surface area contributed by atoms with E-state index < -0.39 is 0 Å². The van der Waals surface area contributed by atoms with Crippen molar-refractivity contribution < 1.29 is 9.63 Å². The van der Waals surface area contributed by atoms with Crippen LogP contribution in [0.5, 0.6) is 0 Å². The van der Waals surface area contributed by atoms with Gasteiger partial charge in [-0.05, 0) is 42.7 Å². The summed E-state index contributed by atoms with van der Waals surface area (Å²) in [7, 11) is 0. The van der Waals surface area contributed by atoms with Gasteiger partial charge in [-0.1, -0.05) is 66.7 Å². The van der Waals surface area contributed by atoms with Gasteiger partial charge in [0.1, 0.15) is 12.1 Å². The molecule has 0 radical (unpaired) electrons.